The summed E-state index contributed by atoms with van der Waals surface area (Å²) in [6, 6.07) is 4.22. The smallest absolute Gasteiger partial charge is 0.333 e. The molecule has 1 fully saturated rings. The molecule has 0 bridgehead atoms. The predicted molar refractivity (Wildman–Crippen MR) is 137 cm³/mol. The predicted octanol–water partition coefficient (Wildman–Crippen LogP) is 2.47. The van der Waals surface area contributed by atoms with Gasteiger partial charge in [0.05, 0.1) is 24.9 Å². The second-order valence-corrected chi connectivity index (χ2v) is 10.4. The van der Waals surface area contributed by atoms with Crippen LogP contribution in [0.25, 0.3) is 15.2 Å². The number of halogens is 1. The average Bonchev–Trinajstić information content (AvgIpc) is 3.51. The van der Waals surface area contributed by atoms with Crippen LogP contribution in [-0.2, 0) is 23.3 Å². The molecule has 0 unspecified atom stereocenters. The molecule has 0 N–H and O–H groups in total. The molecule has 3 aromatic heterocycles. The maximum Gasteiger partial charge on any atom is 0.333 e. The van der Waals surface area contributed by atoms with Crippen molar-refractivity contribution in [1.29, 1.82) is 0 Å². The highest BCUT2D eigenvalue weighted by atomic mass is 32.1. The quantitative estimate of drug-likeness (QED) is 0.382. The Morgan fingerprint density at radius 2 is 1.92 bits per heavy atom. The van der Waals surface area contributed by atoms with Gasteiger partial charge in [-0.3, -0.25) is 14.2 Å². The lowest BCUT2D eigenvalue weighted by atomic mass is 9.89. The second kappa shape index (κ2) is 9.25. The lowest BCUT2D eigenvalue weighted by Gasteiger charge is -2.38. The summed E-state index contributed by atoms with van der Waals surface area (Å²) in [6.07, 6.45) is 4.36. The van der Waals surface area contributed by atoms with Gasteiger partial charge < -0.3 is 9.64 Å². The van der Waals surface area contributed by atoms with E-state index in [1.165, 1.54) is 58.4 Å². The minimum absolute atomic E-state index is 0.140. The number of methoxy groups -OCH3 is 1. The lowest BCUT2D eigenvalue weighted by molar-refractivity contribution is -0.142. The van der Waals surface area contributed by atoms with Crippen LogP contribution in [0.4, 0.5) is 4.39 Å². The van der Waals surface area contributed by atoms with E-state index >= 15 is 0 Å². The van der Waals surface area contributed by atoms with Gasteiger partial charge in [0.25, 0.3) is 5.56 Å². The van der Waals surface area contributed by atoms with E-state index < -0.39 is 22.6 Å². The number of carbonyl (C=O) groups is 1. The van der Waals surface area contributed by atoms with E-state index in [9.17, 15) is 18.8 Å². The summed E-state index contributed by atoms with van der Waals surface area (Å²) >= 11 is 1.23. The number of likely N-dealkylation sites (tertiary alicyclic amines) is 1. The number of aromatic nitrogens is 5. The summed E-state index contributed by atoms with van der Waals surface area (Å²) in [5.41, 5.74) is -1.22. The van der Waals surface area contributed by atoms with Crippen LogP contribution < -0.4 is 16.0 Å². The number of piperidine rings is 1. The van der Waals surface area contributed by atoms with Crippen LogP contribution in [-0.4, -0.2) is 55.6 Å². The highest BCUT2D eigenvalue weighted by Crippen LogP contribution is 2.33. The molecule has 0 radical (unpaired) electrons. The zero-order chi connectivity index (χ0) is 26.5. The van der Waals surface area contributed by atoms with Gasteiger partial charge in [-0.25, -0.2) is 13.8 Å². The number of ether oxygens (including phenoxy) is 1. The van der Waals surface area contributed by atoms with Crippen molar-refractivity contribution in [2.75, 3.05) is 20.7 Å². The second-order valence-electron chi connectivity index (χ2n) is 9.42. The van der Waals surface area contributed by atoms with E-state index in [1.54, 1.807) is 25.8 Å². The molecule has 1 atom stereocenters. The first-order valence-corrected chi connectivity index (χ1v) is 12.7. The summed E-state index contributed by atoms with van der Waals surface area (Å²) in [4.78, 5) is 44.7. The van der Waals surface area contributed by atoms with Gasteiger partial charge in [0.1, 0.15) is 26.9 Å². The molecule has 0 spiro atoms. The summed E-state index contributed by atoms with van der Waals surface area (Å²) in [7, 11) is 3.18. The molecule has 1 aliphatic rings. The van der Waals surface area contributed by atoms with Crippen LogP contribution in [0.3, 0.4) is 0 Å². The third-order valence-corrected chi connectivity index (χ3v) is 8.37. The summed E-state index contributed by atoms with van der Waals surface area (Å²) in [6.45, 7) is 4.13. The Morgan fingerprint density at radius 3 is 2.62 bits per heavy atom. The monoisotopic (exact) mass is 526 g/mol. The zero-order valence-corrected chi connectivity index (χ0v) is 21.8. The van der Waals surface area contributed by atoms with Crippen molar-refractivity contribution in [3.05, 3.63) is 68.4 Å². The Labute approximate surface area is 215 Å². The van der Waals surface area contributed by atoms with Gasteiger partial charge in [-0.15, -0.1) is 4.80 Å². The van der Waals surface area contributed by atoms with Crippen molar-refractivity contribution >= 4 is 27.5 Å². The molecule has 12 heteroatoms. The Bertz CT molecular complexity index is 1620. The minimum atomic E-state index is -1.33. The van der Waals surface area contributed by atoms with Gasteiger partial charge in [-0.05, 0) is 56.9 Å². The van der Waals surface area contributed by atoms with Gasteiger partial charge in [0.2, 0.25) is 5.91 Å². The Balaban J connectivity index is 1.76. The van der Waals surface area contributed by atoms with E-state index in [0.29, 0.717) is 51.5 Å². The van der Waals surface area contributed by atoms with Crippen LogP contribution in [0.2, 0.25) is 0 Å². The highest BCUT2D eigenvalue weighted by Gasteiger charge is 2.43. The molecular weight excluding hydrogens is 499 g/mol. The minimum Gasteiger partial charge on any atom is -0.496 e. The lowest BCUT2D eigenvalue weighted by Crippen LogP contribution is -2.59. The highest BCUT2D eigenvalue weighted by molar-refractivity contribution is 7.21. The third kappa shape index (κ3) is 3.95. The number of thiophene rings is 1. The van der Waals surface area contributed by atoms with E-state index in [2.05, 4.69) is 10.2 Å². The van der Waals surface area contributed by atoms with Gasteiger partial charge in [0.15, 0.2) is 0 Å². The number of hydrogen-bond donors (Lipinski definition) is 0. The van der Waals surface area contributed by atoms with Crippen LogP contribution in [0.5, 0.6) is 5.75 Å². The molecule has 1 amide bonds. The molecule has 5 rings (SSSR count). The molecule has 37 heavy (non-hydrogen) atoms. The van der Waals surface area contributed by atoms with Gasteiger partial charge in [-0.1, -0.05) is 11.3 Å². The van der Waals surface area contributed by atoms with E-state index in [1.807, 2.05) is 0 Å². The van der Waals surface area contributed by atoms with Gasteiger partial charge in [-0.2, -0.15) is 10.2 Å². The number of amides is 1. The van der Waals surface area contributed by atoms with Crippen LogP contribution >= 0.6 is 11.3 Å². The van der Waals surface area contributed by atoms with Crippen molar-refractivity contribution in [3.63, 3.8) is 0 Å². The third-order valence-electron chi connectivity index (χ3n) is 7.09. The number of fused-ring (bicyclic) bond motifs is 1. The number of carbonyl (C=O) groups excluding carboxylic acids is 1. The normalized spacial score (nSPS) is 18.1. The van der Waals surface area contributed by atoms with Crippen LogP contribution in [0.1, 0.15) is 30.9 Å². The average molecular weight is 527 g/mol. The van der Waals surface area contributed by atoms with Crippen LogP contribution in [0.15, 0.2) is 40.2 Å². The molecular formula is C25H27FN6O4S. The summed E-state index contributed by atoms with van der Waals surface area (Å²) in [5.74, 6) is -0.197. The first-order chi connectivity index (χ1) is 17.7. The Kier molecular flexibility index (Phi) is 6.22. The summed E-state index contributed by atoms with van der Waals surface area (Å²) in [5, 5.41) is 9.34. The molecule has 194 valence electrons. The molecule has 1 aromatic carbocycles. The molecule has 0 saturated carbocycles. The fourth-order valence-corrected chi connectivity index (χ4v) is 6.38. The van der Waals surface area contributed by atoms with Gasteiger partial charge >= 0.3 is 5.69 Å². The maximum absolute atomic E-state index is 14.0. The first kappa shape index (κ1) is 24.9. The Morgan fingerprint density at radius 1 is 1.19 bits per heavy atom. The molecule has 1 aliphatic heterocycles. The molecule has 0 aliphatic carbocycles. The van der Waals surface area contributed by atoms with Crippen molar-refractivity contribution in [2.45, 2.75) is 45.2 Å². The molecule has 4 heterocycles. The standard InChI is InChI=1S/C25H27FN6O4S/c1-15-19-20(33)31(25(2)9-5-12-29(3)23(25)34)24(35)30(22(19)37-21(15)32-27-10-11-28-32)13-8-16-14-17(26)6-7-18(16)36-4/h6-7,10-11,14H,5,8-9,12-13H2,1-4H3/t25-/m0/s1. The number of rotatable bonds is 6. The largest absolute Gasteiger partial charge is 0.496 e. The van der Waals surface area contributed by atoms with Gasteiger partial charge in [0, 0.05) is 25.7 Å². The number of aryl methyl sites for hydroxylation is 3. The fourth-order valence-electron chi connectivity index (χ4n) is 5.14. The molecule has 4 aromatic rings. The van der Waals surface area contributed by atoms with E-state index in [4.69, 9.17) is 4.74 Å². The fraction of sp³-hybridized carbons (Fsp3) is 0.400. The molecule has 10 nitrogen and oxygen atoms in total. The van der Waals surface area contributed by atoms with Crippen molar-refractivity contribution in [1.82, 2.24) is 29.0 Å². The SMILES string of the molecule is COc1ccc(F)cc1CCn1c(=O)n([C@@]2(C)CCCN(C)C2=O)c(=O)c2c(C)c(-n3nccn3)sc21. The van der Waals surface area contributed by atoms with Crippen LogP contribution in [0, 0.1) is 12.7 Å². The zero-order valence-electron chi connectivity index (χ0n) is 21.0. The molecule has 1 saturated heterocycles. The maximum atomic E-state index is 14.0. The number of benzene rings is 1. The topological polar surface area (TPSA) is 104 Å². The summed E-state index contributed by atoms with van der Waals surface area (Å²) < 4.78 is 22.0. The number of likely N-dealkylation sites (N-methyl/N-ethyl adjacent to an activating group) is 1. The first-order valence-electron chi connectivity index (χ1n) is 11.9. The van der Waals surface area contributed by atoms with Crippen molar-refractivity contribution in [2.24, 2.45) is 0 Å². The Hall–Kier alpha value is -3.80. The van der Waals surface area contributed by atoms with E-state index in [0.717, 1.165) is 4.57 Å². The van der Waals surface area contributed by atoms with Crippen molar-refractivity contribution in [3.8, 4) is 10.8 Å². The van der Waals surface area contributed by atoms with E-state index in [-0.39, 0.29) is 18.9 Å². The van der Waals surface area contributed by atoms with Crippen molar-refractivity contribution < 1.29 is 13.9 Å². The number of nitrogens with zero attached hydrogens (tertiary/aromatic N) is 6. The number of hydrogen-bond acceptors (Lipinski definition) is 7.